The normalized spacial score (nSPS) is 11.1. The van der Waals surface area contributed by atoms with E-state index >= 15 is 0 Å². The average molecular weight is 276 g/mol. The fourth-order valence-electron chi connectivity index (χ4n) is 1.59. The van der Waals surface area contributed by atoms with Crippen LogP contribution in [-0.2, 0) is 14.3 Å². The fourth-order valence-corrected chi connectivity index (χ4v) is 1.59. The first-order valence-electron chi connectivity index (χ1n) is 6.43. The Hall–Kier alpha value is -2.14. The van der Waals surface area contributed by atoms with Crippen LogP contribution in [0.4, 0.5) is 11.4 Å². The van der Waals surface area contributed by atoms with Gasteiger partial charge in [0, 0.05) is 24.1 Å². The molecule has 1 rings (SSSR count). The van der Waals surface area contributed by atoms with Gasteiger partial charge in [0.05, 0.1) is 0 Å². The number of amides is 2. The lowest BCUT2D eigenvalue weighted by molar-refractivity contribution is -0.119. The maximum atomic E-state index is 11.8. The number of carbonyl (C=O) groups is 2. The van der Waals surface area contributed by atoms with E-state index in [9.17, 15) is 9.59 Å². The van der Waals surface area contributed by atoms with Crippen molar-refractivity contribution in [3.8, 4) is 0 Å². The van der Waals surface area contributed by atoms with Gasteiger partial charge in [-0.1, -0.05) is 13.0 Å². The molecular formula is C15H20N2O3. The number of hydrogen-bond acceptors (Lipinski definition) is 3. The van der Waals surface area contributed by atoms with E-state index in [-0.39, 0.29) is 18.4 Å². The number of methoxy groups -OCH3 is 1. The molecule has 108 valence electrons. The minimum Gasteiger partial charge on any atom is -0.375 e. The topological polar surface area (TPSA) is 67.4 Å². The second-order valence-electron chi connectivity index (χ2n) is 4.31. The summed E-state index contributed by atoms with van der Waals surface area (Å²) in [6, 6.07) is 6.92. The van der Waals surface area contributed by atoms with Crippen molar-refractivity contribution < 1.29 is 14.3 Å². The van der Waals surface area contributed by atoms with Gasteiger partial charge in [-0.25, -0.2) is 0 Å². The molecule has 0 unspecified atom stereocenters. The van der Waals surface area contributed by atoms with Crippen LogP contribution in [0.3, 0.4) is 0 Å². The van der Waals surface area contributed by atoms with E-state index in [0.717, 1.165) is 6.42 Å². The van der Waals surface area contributed by atoms with E-state index in [2.05, 4.69) is 10.6 Å². The predicted molar refractivity (Wildman–Crippen MR) is 79.6 cm³/mol. The first-order chi connectivity index (χ1) is 9.56. The van der Waals surface area contributed by atoms with Gasteiger partial charge >= 0.3 is 0 Å². The smallest absolute Gasteiger partial charge is 0.250 e. The Morgan fingerprint density at radius 3 is 2.20 bits per heavy atom. The van der Waals surface area contributed by atoms with Crippen LogP contribution in [0.25, 0.3) is 0 Å². The molecule has 0 aliphatic heterocycles. The summed E-state index contributed by atoms with van der Waals surface area (Å²) < 4.78 is 4.73. The van der Waals surface area contributed by atoms with Crippen LogP contribution in [0.15, 0.2) is 35.9 Å². The highest BCUT2D eigenvalue weighted by molar-refractivity contribution is 6.03. The Balaban J connectivity index is 2.61. The molecule has 0 heterocycles. The van der Waals surface area contributed by atoms with Gasteiger partial charge in [-0.05, 0) is 37.6 Å². The monoisotopic (exact) mass is 276 g/mol. The van der Waals surface area contributed by atoms with Crippen molar-refractivity contribution in [2.24, 2.45) is 0 Å². The number of carbonyl (C=O) groups excluding carboxylic acids is 2. The summed E-state index contributed by atoms with van der Waals surface area (Å²) in [4.78, 5) is 23.1. The van der Waals surface area contributed by atoms with Crippen LogP contribution in [-0.4, -0.2) is 25.5 Å². The first-order valence-corrected chi connectivity index (χ1v) is 6.43. The standard InChI is InChI=1S/C15H20N2O3/c1-4-5-11(2)15(19)17-13-8-6-12(7-9-13)16-14(18)10-20-3/h5-9H,4,10H2,1-3H3,(H,16,18)(H,17,19). The van der Waals surface area contributed by atoms with Crippen molar-refractivity contribution in [1.29, 1.82) is 0 Å². The molecule has 0 aliphatic rings. The fraction of sp³-hybridized carbons (Fsp3) is 0.333. The van der Waals surface area contributed by atoms with Crippen LogP contribution in [0.2, 0.25) is 0 Å². The lowest BCUT2D eigenvalue weighted by atomic mass is 10.2. The van der Waals surface area contributed by atoms with Gasteiger partial charge in [-0.3, -0.25) is 9.59 Å². The molecular weight excluding hydrogens is 256 g/mol. The quantitative estimate of drug-likeness (QED) is 0.785. The highest BCUT2D eigenvalue weighted by Gasteiger charge is 2.05. The maximum absolute atomic E-state index is 11.8. The summed E-state index contributed by atoms with van der Waals surface area (Å²) in [5.74, 6) is -0.339. The van der Waals surface area contributed by atoms with Crippen LogP contribution in [0.5, 0.6) is 0 Å². The van der Waals surface area contributed by atoms with Gasteiger partial charge in [0.25, 0.3) is 5.91 Å². The largest absolute Gasteiger partial charge is 0.375 e. The van der Waals surface area contributed by atoms with E-state index in [1.807, 2.05) is 13.0 Å². The molecule has 0 atom stereocenters. The minimum atomic E-state index is -0.217. The zero-order valence-corrected chi connectivity index (χ0v) is 12.0. The molecule has 0 aromatic heterocycles. The van der Waals surface area contributed by atoms with E-state index in [1.165, 1.54) is 7.11 Å². The van der Waals surface area contributed by atoms with Gasteiger partial charge in [-0.2, -0.15) is 0 Å². The molecule has 0 fully saturated rings. The van der Waals surface area contributed by atoms with Crippen molar-refractivity contribution in [3.05, 3.63) is 35.9 Å². The summed E-state index contributed by atoms with van der Waals surface area (Å²) in [6.07, 6.45) is 2.69. The summed E-state index contributed by atoms with van der Waals surface area (Å²) >= 11 is 0. The number of rotatable bonds is 6. The van der Waals surface area contributed by atoms with Crippen molar-refractivity contribution in [1.82, 2.24) is 0 Å². The summed E-state index contributed by atoms with van der Waals surface area (Å²) in [5, 5.41) is 5.47. The summed E-state index contributed by atoms with van der Waals surface area (Å²) in [6.45, 7) is 3.77. The molecule has 0 bridgehead atoms. The number of anilines is 2. The molecule has 0 saturated carbocycles. The van der Waals surface area contributed by atoms with Crippen molar-refractivity contribution in [2.75, 3.05) is 24.4 Å². The first kappa shape index (κ1) is 15.9. The van der Waals surface area contributed by atoms with Gasteiger partial charge in [0.1, 0.15) is 6.61 Å². The van der Waals surface area contributed by atoms with Gasteiger partial charge in [0.2, 0.25) is 5.91 Å². The van der Waals surface area contributed by atoms with Crippen molar-refractivity contribution >= 4 is 23.2 Å². The van der Waals surface area contributed by atoms with E-state index in [4.69, 9.17) is 4.74 Å². The Bertz CT molecular complexity index is 492. The number of benzene rings is 1. The van der Waals surface area contributed by atoms with Gasteiger partial charge in [-0.15, -0.1) is 0 Å². The third-order valence-electron chi connectivity index (χ3n) is 2.57. The molecule has 2 N–H and O–H groups in total. The third-order valence-corrected chi connectivity index (χ3v) is 2.57. The molecule has 0 spiro atoms. The Morgan fingerprint density at radius 1 is 1.15 bits per heavy atom. The van der Waals surface area contributed by atoms with Gasteiger partial charge < -0.3 is 15.4 Å². The SMILES string of the molecule is CCC=C(C)C(=O)Nc1ccc(NC(=O)COC)cc1. The van der Waals surface area contributed by atoms with E-state index in [1.54, 1.807) is 31.2 Å². The molecule has 5 heteroatoms. The zero-order valence-electron chi connectivity index (χ0n) is 12.0. The third kappa shape index (κ3) is 5.24. The Labute approximate surface area is 119 Å². The van der Waals surface area contributed by atoms with E-state index in [0.29, 0.717) is 16.9 Å². The number of hydrogen-bond donors (Lipinski definition) is 2. The number of allylic oxidation sites excluding steroid dienone is 1. The highest BCUT2D eigenvalue weighted by atomic mass is 16.5. The highest BCUT2D eigenvalue weighted by Crippen LogP contribution is 2.14. The molecule has 20 heavy (non-hydrogen) atoms. The van der Waals surface area contributed by atoms with Crippen LogP contribution >= 0.6 is 0 Å². The van der Waals surface area contributed by atoms with Crippen molar-refractivity contribution in [3.63, 3.8) is 0 Å². The molecule has 0 aliphatic carbocycles. The lowest BCUT2D eigenvalue weighted by Crippen LogP contribution is -2.17. The van der Waals surface area contributed by atoms with Crippen LogP contribution in [0, 0.1) is 0 Å². The number of nitrogens with one attached hydrogen (secondary N) is 2. The van der Waals surface area contributed by atoms with Crippen LogP contribution in [0.1, 0.15) is 20.3 Å². The van der Waals surface area contributed by atoms with E-state index < -0.39 is 0 Å². The Morgan fingerprint density at radius 2 is 1.70 bits per heavy atom. The lowest BCUT2D eigenvalue weighted by Gasteiger charge is -2.08. The van der Waals surface area contributed by atoms with Crippen LogP contribution < -0.4 is 10.6 Å². The molecule has 1 aromatic rings. The Kier molecular flexibility index (Phi) is 6.46. The molecule has 0 saturated heterocycles. The minimum absolute atomic E-state index is 0.0134. The number of ether oxygens (including phenoxy) is 1. The second-order valence-corrected chi connectivity index (χ2v) is 4.31. The maximum Gasteiger partial charge on any atom is 0.250 e. The predicted octanol–water partition coefficient (Wildman–Crippen LogP) is 2.57. The molecule has 1 aromatic carbocycles. The molecule has 0 radical (unpaired) electrons. The van der Waals surface area contributed by atoms with Crippen molar-refractivity contribution in [2.45, 2.75) is 20.3 Å². The summed E-state index contributed by atoms with van der Waals surface area (Å²) in [5.41, 5.74) is 2.03. The summed E-state index contributed by atoms with van der Waals surface area (Å²) in [7, 11) is 1.46. The molecule has 2 amide bonds. The zero-order chi connectivity index (χ0) is 15.0. The van der Waals surface area contributed by atoms with Gasteiger partial charge in [0.15, 0.2) is 0 Å². The second kappa shape index (κ2) is 8.12. The average Bonchev–Trinajstić information content (AvgIpc) is 2.41. The molecule has 5 nitrogen and oxygen atoms in total.